The van der Waals surface area contributed by atoms with Gasteiger partial charge in [-0.2, -0.15) is 8.42 Å². The second-order valence-corrected chi connectivity index (χ2v) is 5.67. The highest BCUT2D eigenvalue weighted by molar-refractivity contribution is 7.85. The summed E-state index contributed by atoms with van der Waals surface area (Å²) < 4.78 is 31.1. The number of hydrogen-bond acceptors (Lipinski definition) is 3. The number of benzene rings is 2. The van der Waals surface area contributed by atoms with Gasteiger partial charge in [0.2, 0.25) is 5.69 Å². The predicted octanol–water partition coefficient (Wildman–Crippen LogP) is 2.43. The van der Waals surface area contributed by atoms with Gasteiger partial charge in [0.15, 0.2) is 11.6 Å². The standard InChI is InChI=1S/C14H14NO3S/c1-15(12-8-4-3-5-9-12)19(16,17)14-11-7-6-10-13(14)18-2/h3-11H,1H2,2H3/q+1. The van der Waals surface area contributed by atoms with Crippen molar-refractivity contribution in [1.82, 2.24) is 0 Å². The van der Waals surface area contributed by atoms with Crippen molar-refractivity contribution in [3.63, 3.8) is 0 Å². The van der Waals surface area contributed by atoms with Gasteiger partial charge in [0.25, 0.3) is 0 Å². The van der Waals surface area contributed by atoms with E-state index >= 15 is 0 Å². The molecule has 0 saturated heterocycles. The lowest BCUT2D eigenvalue weighted by atomic mass is 10.3. The quantitative estimate of drug-likeness (QED) is 0.636. The van der Waals surface area contributed by atoms with E-state index in [1.807, 2.05) is 6.07 Å². The Labute approximate surface area is 112 Å². The van der Waals surface area contributed by atoms with Gasteiger partial charge < -0.3 is 4.74 Å². The van der Waals surface area contributed by atoms with Crippen LogP contribution in [0, 0.1) is 0 Å². The molecule has 5 heteroatoms. The summed E-state index contributed by atoms with van der Waals surface area (Å²) in [5.41, 5.74) is 0.494. The number of methoxy groups -OCH3 is 1. The minimum absolute atomic E-state index is 0.0938. The van der Waals surface area contributed by atoms with Gasteiger partial charge in [-0.05, 0) is 12.1 Å². The van der Waals surface area contributed by atoms with Crippen LogP contribution in [0.15, 0.2) is 59.5 Å². The Hall–Kier alpha value is -2.14. The highest BCUT2D eigenvalue weighted by Crippen LogP contribution is 2.27. The molecule has 98 valence electrons. The number of hydrogen-bond donors (Lipinski definition) is 0. The molecular formula is C14H14NO3S+. The lowest BCUT2D eigenvalue weighted by molar-refractivity contribution is -0.249. The highest BCUT2D eigenvalue weighted by atomic mass is 32.2. The van der Waals surface area contributed by atoms with Crippen molar-refractivity contribution in [1.29, 1.82) is 0 Å². The third-order valence-corrected chi connectivity index (χ3v) is 4.37. The second-order valence-electron chi connectivity index (χ2n) is 3.84. The average molecular weight is 276 g/mol. The van der Waals surface area contributed by atoms with Crippen LogP contribution in [0.5, 0.6) is 5.75 Å². The first kappa shape index (κ1) is 13.3. The maximum atomic E-state index is 12.5. The van der Waals surface area contributed by atoms with E-state index in [1.54, 1.807) is 42.5 Å². The summed E-state index contributed by atoms with van der Waals surface area (Å²) in [6, 6.07) is 15.1. The van der Waals surface area contributed by atoms with E-state index in [9.17, 15) is 8.42 Å². The molecule has 0 bridgehead atoms. The maximum absolute atomic E-state index is 12.5. The van der Waals surface area contributed by atoms with Gasteiger partial charge in [-0.3, -0.25) is 0 Å². The monoisotopic (exact) mass is 276 g/mol. The van der Waals surface area contributed by atoms with Gasteiger partial charge >= 0.3 is 10.0 Å². The van der Waals surface area contributed by atoms with Crippen molar-refractivity contribution in [2.45, 2.75) is 4.90 Å². The van der Waals surface area contributed by atoms with Gasteiger partial charge in [-0.15, -0.1) is 0 Å². The van der Waals surface area contributed by atoms with Crippen LogP contribution in [0.1, 0.15) is 0 Å². The Balaban J connectivity index is 2.52. The van der Waals surface area contributed by atoms with Gasteiger partial charge in [0.1, 0.15) is 5.75 Å². The van der Waals surface area contributed by atoms with E-state index in [2.05, 4.69) is 6.72 Å². The van der Waals surface area contributed by atoms with Crippen LogP contribution in [0.25, 0.3) is 0 Å². The molecule has 0 atom stereocenters. The summed E-state index contributed by atoms with van der Waals surface area (Å²) >= 11 is 0. The van der Waals surface area contributed by atoms with Crippen LogP contribution in [-0.4, -0.2) is 26.2 Å². The summed E-state index contributed by atoms with van der Waals surface area (Å²) in [5, 5.41) is 0. The molecule has 2 rings (SSSR count). The van der Waals surface area contributed by atoms with Crippen LogP contribution < -0.4 is 4.74 Å². The zero-order chi connectivity index (χ0) is 13.9. The van der Waals surface area contributed by atoms with Crippen molar-refractivity contribution < 1.29 is 17.1 Å². The Morgan fingerprint density at radius 3 is 2.21 bits per heavy atom. The number of para-hydroxylation sites is 2. The molecule has 0 unspecified atom stereocenters. The predicted molar refractivity (Wildman–Crippen MR) is 73.7 cm³/mol. The normalized spacial score (nSPS) is 11.0. The summed E-state index contributed by atoms with van der Waals surface area (Å²) in [4.78, 5) is 0.0938. The van der Waals surface area contributed by atoms with Crippen LogP contribution >= 0.6 is 0 Å². The number of rotatable bonds is 4. The molecule has 0 aliphatic heterocycles. The van der Waals surface area contributed by atoms with Crippen molar-refractivity contribution in [3.05, 3.63) is 54.6 Å². The molecule has 0 saturated carbocycles. The van der Waals surface area contributed by atoms with Gasteiger partial charge in [-0.1, -0.05) is 34.3 Å². The van der Waals surface area contributed by atoms with E-state index in [4.69, 9.17) is 4.74 Å². The van der Waals surface area contributed by atoms with E-state index < -0.39 is 10.0 Å². The van der Waals surface area contributed by atoms with E-state index in [0.29, 0.717) is 11.4 Å². The number of sulfonamides is 1. The molecule has 0 fully saturated rings. The Morgan fingerprint density at radius 1 is 1.00 bits per heavy atom. The van der Waals surface area contributed by atoms with Gasteiger partial charge in [-0.25, -0.2) is 0 Å². The second kappa shape index (κ2) is 5.24. The molecule has 0 heterocycles. The average Bonchev–Trinajstić information content (AvgIpc) is 2.47. The zero-order valence-electron chi connectivity index (χ0n) is 10.5. The summed E-state index contributed by atoms with van der Waals surface area (Å²) in [7, 11) is -2.30. The van der Waals surface area contributed by atoms with Gasteiger partial charge in [0.05, 0.1) is 7.11 Å². The minimum Gasteiger partial charge on any atom is -0.495 e. The Bertz CT molecular complexity index is 694. The zero-order valence-corrected chi connectivity index (χ0v) is 11.3. The fourth-order valence-electron chi connectivity index (χ4n) is 1.68. The maximum Gasteiger partial charge on any atom is 0.403 e. The van der Waals surface area contributed by atoms with Crippen molar-refractivity contribution in [3.8, 4) is 5.75 Å². The van der Waals surface area contributed by atoms with Crippen molar-refractivity contribution in [2.75, 3.05) is 7.11 Å². The number of ether oxygens (including phenoxy) is 1. The number of nitrogens with zero attached hydrogens (tertiary/aromatic N) is 1. The molecule has 0 amide bonds. The topological polar surface area (TPSA) is 46.4 Å². The third kappa shape index (κ3) is 2.51. The van der Waals surface area contributed by atoms with E-state index in [-0.39, 0.29) is 4.90 Å². The Kier molecular flexibility index (Phi) is 3.66. The largest absolute Gasteiger partial charge is 0.495 e. The SMILES string of the molecule is C=[N+](c1ccccc1)S(=O)(=O)c1ccccc1OC. The highest BCUT2D eigenvalue weighted by Gasteiger charge is 2.30. The Morgan fingerprint density at radius 2 is 1.58 bits per heavy atom. The minimum atomic E-state index is -3.74. The van der Waals surface area contributed by atoms with Crippen LogP contribution in [-0.2, 0) is 10.0 Å². The fourth-order valence-corrected chi connectivity index (χ4v) is 2.98. The first-order chi connectivity index (χ1) is 9.07. The first-order valence-electron chi connectivity index (χ1n) is 5.61. The van der Waals surface area contributed by atoms with E-state index in [0.717, 1.165) is 3.98 Å². The molecule has 0 aliphatic rings. The molecule has 0 spiro atoms. The van der Waals surface area contributed by atoms with Crippen molar-refractivity contribution in [2.24, 2.45) is 0 Å². The van der Waals surface area contributed by atoms with Gasteiger partial charge in [0, 0.05) is 12.1 Å². The molecule has 4 nitrogen and oxygen atoms in total. The first-order valence-corrected chi connectivity index (χ1v) is 7.05. The molecule has 0 aliphatic carbocycles. The summed E-state index contributed by atoms with van der Waals surface area (Å²) in [6.45, 7) is 3.62. The smallest absolute Gasteiger partial charge is 0.403 e. The third-order valence-electron chi connectivity index (χ3n) is 2.68. The molecule has 2 aromatic rings. The van der Waals surface area contributed by atoms with Crippen LogP contribution in [0.4, 0.5) is 5.69 Å². The molecule has 0 N–H and O–H groups in total. The van der Waals surface area contributed by atoms with Crippen molar-refractivity contribution >= 4 is 22.4 Å². The van der Waals surface area contributed by atoms with E-state index in [1.165, 1.54) is 13.2 Å². The summed E-state index contributed by atoms with van der Waals surface area (Å²) in [5.74, 6) is 0.298. The fraction of sp³-hybridized carbons (Fsp3) is 0.0714. The molecule has 0 aromatic heterocycles. The molecular weight excluding hydrogens is 262 g/mol. The molecule has 0 radical (unpaired) electrons. The van der Waals surface area contributed by atoms with Crippen LogP contribution in [0.3, 0.4) is 0 Å². The molecule has 19 heavy (non-hydrogen) atoms. The summed E-state index contributed by atoms with van der Waals surface area (Å²) in [6.07, 6.45) is 0. The molecule has 2 aromatic carbocycles. The lowest BCUT2D eigenvalue weighted by Crippen LogP contribution is -2.16. The lowest BCUT2D eigenvalue weighted by Gasteiger charge is -2.06. The van der Waals surface area contributed by atoms with Crippen LogP contribution in [0.2, 0.25) is 0 Å².